The van der Waals surface area contributed by atoms with Crippen LogP contribution in [0, 0.1) is 0 Å². The third-order valence-electron chi connectivity index (χ3n) is 3.05. The fourth-order valence-corrected chi connectivity index (χ4v) is 2.41. The molecule has 1 aromatic carbocycles. The van der Waals surface area contributed by atoms with Gasteiger partial charge in [0, 0.05) is 19.6 Å². The van der Waals surface area contributed by atoms with E-state index in [1.54, 1.807) is 0 Å². The molecule has 2 nitrogen and oxygen atoms in total. The summed E-state index contributed by atoms with van der Waals surface area (Å²) in [6.45, 7) is 2.83. The van der Waals surface area contributed by atoms with Gasteiger partial charge in [0.2, 0.25) is 0 Å². The second kappa shape index (κ2) is 4.47. The van der Waals surface area contributed by atoms with Gasteiger partial charge in [0.1, 0.15) is 5.15 Å². The Kier molecular flexibility index (Phi) is 2.83. The molecule has 2 heterocycles. The van der Waals surface area contributed by atoms with Gasteiger partial charge in [0.25, 0.3) is 0 Å². The molecule has 0 fully saturated rings. The van der Waals surface area contributed by atoms with Gasteiger partial charge in [-0.15, -0.1) is 0 Å². The van der Waals surface area contributed by atoms with Crippen molar-refractivity contribution in [2.75, 3.05) is 0 Å². The van der Waals surface area contributed by atoms with E-state index in [0.717, 1.165) is 25.3 Å². The van der Waals surface area contributed by atoms with Crippen LogP contribution >= 0.6 is 11.6 Å². The highest BCUT2D eigenvalue weighted by Crippen LogP contribution is 2.24. The maximum atomic E-state index is 5.90. The number of benzene rings is 1. The molecular weight excluding hydrogens is 232 g/mol. The van der Waals surface area contributed by atoms with E-state index in [1.165, 1.54) is 11.1 Å². The van der Waals surface area contributed by atoms with Crippen LogP contribution < -0.4 is 0 Å². The first-order valence-corrected chi connectivity index (χ1v) is 6.09. The first-order chi connectivity index (χ1) is 8.31. The highest BCUT2D eigenvalue weighted by molar-refractivity contribution is 6.29. The fraction of sp³-hybridized carbons (Fsp3) is 0.214. The van der Waals surface area contributed by atoms with Crippen LogP contribution in [-0.2, 0) is 19.6 Å². The first-order valence-electron chi connectivity index (χ1n) is 5.72. The molecule has 1 aromatic heterocycles. The highest BCUT2D eigenvalue weighted by Gasteiger charge is 2.20. The molecule has 0 unspecified atom stereocenters. The van der Waals surface area contributed by atoms with Crippen molar-refractivity contribution in [1.29, 1.82) is 0 Å². The van der Waals surface area contributed by atoms with E-state index in [9.17, 15) is 0 Å². The monoisotopic (exact) mass is 244 g/mol. The summed E-state index contributed by atoms with van der Waals surface area (Å²) in [6.07, 6.45) is 0. The summed E-state index contributed by atoms with van der Waals surface area (Å²) >= 11 is 5.90. The quantitative estimate of drug-likeness (QED) is 0.754. The SMILES string of the molecule is Clc1ccc2c(n1)CN(Cc1ccccc1)C2. The van der Waals surface area contributed by atoms with Crippen molar-refractivity contribution in [3.8, 4) is 0 Å². The number of nitrogens with zero attached hydrogens (tertiary/aromatic N) is 2. The Morgan fingerprint density at radius 3 is 2.71 bits per heavy atom. The summed E-state index contributed by atoms with van der Waals surface area (Å²) in [5, 5.41) is 0.588. The van der Waals surface area contributed by atoms with Crippen LogP contribution in [0.4, 0.5) is 0 Å². The molecule has 0 amide bonds. The number of pyridine rings is 1. The summed E-state index contributed by atoms with van der Waals surface area (Å²) in [5.74, 6) is 0. The summed E-state index contributed by atoms with van der Waals surface area (Å²) in [7, 11) is 0. The summed E-state index contributed by atoms with van der Waals surface area (Å²) in [5.41, 5.74) is 3.75. The smallest absolute Gasteiger partial charge is 0.129 e. The van der Waals surface area contributed by atoms with Gasteiger partial charge in [-0.2, -0.15) is 0 Å². The van der Waals surface area contributed by atoms with Crippen molar-refractivity contribution in [3.05, 3.63) is 64.4 Å². The lowest BCUT2D eigenvalue weighted by Crippen LogP contribution is -2.15. The Morgan fingerprint density at radius 1 is 1.06 bits per heavy atom. The minimum absolute atomic E-state index is 0.588. The van der Waals surface area contributed by atoms with Crippen molar-refractivity contribution in [2.24, 2.45) is 0 Å². The maximum Gasteiger partial charge on any atom is 0.129 e. The Morgan fingerprint density at radius 2 is 1.88 bits per heavy atom. The molecule has 0 bridgehead atoms. The predicted molar refractivity (Wildman–Crippen MR) is 68.6 cm³/mol. The molecule has 1 aliphatic heterocycles. The largest absolute Gasteiger partial charge is 0.289 e. The van der Waals surface area contributed by atoms with Gasteiger partial charge in [-0.3, -0.25) is 4.90 Å². The third-order valence-corrected chi connectivity index (χ3v) is 3.26. The Labute approximate surface area is 106 Å². The molecule has 0 saturated carbocycles. The number of hydrogen-bond acceptors (Lipinski definition) is 2. The number of aromatic nitrogens is 1. The second-order valence-electron chi connectivity index (χ2n) is 4.37. The Bertz CT molecular complexity index is 525. The van der Waals surface area contributed by atoms with E-state index in [4.69, 9.17) is 11.6 Å². The molecule has 0 spiro atoms. The standard InChI is InChI=1S/C14H13ClN2/c15-14-7-6-12-9-17(10-13(12)16-14)8-11-4-2-1-3-5-11/h1-7H,8-10H2. The Hall–Kier alpha value is -1.38. The molecule has 3 rings (SSSR count). The number of halogens is 1. The minimum atomic E-state index is 0.588. The van der Waals surface area contributed by atoms with E-state index < -0.39 is 0 Å². The van der Waals surface area contributed by atoms with E-state index in [1.807, 2.05) is 12.1 Å². The molecule has 0 radical (unpaired) electrons. The molecule has 0 atom stereocenters. The zero-order chi connectivity index (χ0) is 11.7. The normalized spacial score (nSPS) is 14.9. The van der Waals surface area contributed by atoms with Crippen LogP contribution in [0.2, 0.25) is 5.15 Å². The number of hydrogen-bond donors (Lipinski definition) is 0. The van der Waals surface area contributed by atoms with Crippen LogP contribution in [0.1, 0.15) is 16.8 Å². The molecule has 2 aromatic rings. The van der Waals surface area contributed by atoms with Gasteiger partial charge in [0.15, 0.2) is 0 Å². The highest BCUT2D eigenvalue weighted by atomic mass is 35.5. The molecule has 86 valence electrons. The molecule has 0 aliphatic carbocycles. The van der Waals surface area contributed by atoms with Gasteiger partial charge in [-0.05, 0) is 17.2 Å². The number of rotatable bonds is 2. The summed E-state index contributed by atoms with van der Waals surface area (Å²) in [4.78, 5) is 6.75. The van der Waals surface area contributed by atoms with Gasteiger partial charge < -0.3 is 0 Å². The average molecular weight is 245 g/mol. The topological polar surface area (TPSA) is 16.1 Å². The third kappa shape index (κ3) is 2.33. The van der Waals surface area contributed by atoms with Gasteiger partial charge in [0.05, 0.1) is 5.69 Å². The predicted octanol–water partition coefficient (Wildman–Crippen LogP) is 3.25. The second-order valence-corrected chi connectivity index (χ2v) is 4.76. The van der Waals surface area contributed by atoms with Gasteiger partial charge in [-0.25, -0.2) is 4.98 Å². The van der Waals surface area contributed by atoms with Gasteiger partial charge in [-0.1, -0.05) is 48.0 Å². The van der Waals surface area contributed by atoms with Crippen molar-refractivity contribution < 1.29 is 0 Å². The zero-order valence-corrected chi connectivity index (χ0v) is 10.2. The van der Waals surface area contributed by atoms with Crippen LogP contribution in [0.3, 0.4) is 0 Å². The first kappa shape index (κ1) is 10.8. The fourth-order valence-electron chi connectivity index (χ4n) is 2.25. The van der Waals surface area contributed by atoms with Crippen molar-refractivity contribution in [1.82, 2.24) is 9.88 Å². The van der Waals surface area contributed by atoms with Crippen LogP contribution in [0.5, 0.6) is 0 Å². The lowest BCUT2D eigenvalue weighted by atomic mass is 10.2. The lowest BCUT2D eigenvalue weighted by molar-refractivity contribution is 0.274. The number of fused-ring (bicyclic) bond motifs is 1. The van der Waals surface area contributed by atoms with Crippen LogP contribution in [0.15, 0.2) is 42.5 Å². The molecule has 17 heavy (non-hydrogen) atoms. The summed E-state index contributed by atoms with van der Waals surface area (Å²) < 4.78 is 0. The average Bonchev–Trinajstić information content (AvgIpc) is 2.71. The zero-order valence-electron chi connectivity index (χ0n) is 9.44. The van der Waals surface area contributed by atoms with E-state index >= 15 is 0 Å². The van der Waals surface area contributed by atoms with E-state index in [2.05, 4.69) is 40.2 Å². The van der Waals surface area contributed by atoms with Crippen LogP contribution in [-0.4, -0.2) is 9.88 Å². The van der Waals surface area contributed by atoms with Crippen LogP contribution in [0.25, 0.3) is 0 Å². The molecule has 1 aliphatic rings. The van der Waals surface area contributed by atoms with E-state index in [-0.39, 0.29) is 0 Å². The van der Waals surface area contributed by atoms with E-state index in [0.29, 0.717) is 5.15 Å². The maximum absolute atomic E-state index is 5.90. The molecule has 0 saturated heterocycles. The van der Waals surface area contributed by atoms with Gasteiger partial charge >= 0.3 is 0 Å². The molecule has 3 heteroatoms. The van der Waals surface area contributed by atoms with Crippen molar-refractivity contribution in [3.63, 3.8) is 0 Å². The van der Waals surface area contributed by atoms with Crippen molar-refractivity contribution >= 4 is 11.6 Å². The minimum Gasteiger partial charge on any atom is -0.289 e. The lowest BCUT2D eigenvalue weighted by Gasteiger charge is -2.14. The molecular formula is C14H13ClN2. The summed E-state index contributed by atoms with van der Waals surface area (Å²) in [6, 6.07) is 14.5. The van der Waals surface area contributed by atoms with Crippen molar-refractivity contribution in [2.45, 2.75) is 19.6 Å². The Balaban J connectivity index is 1.74. The molecule has 0 N–H and O–H groups in total.